The molecule has 210 valence electrons. The van der Waals surface area contributed by atoms with Gasteiger partial charge in [0.15, 0.2) is 28.8 Å². The van der Waals surface area contributed by atoms with E-state index in [9.17, 15) is 9.90 Å². The molecule has 2 heterocycles. The van der Waals surface area contributed by atoms with E-state index >= 15 is 0 Å². The molecule has 5 rings (SSSR count). The number of aliphatic hydroxyl groups excluding tert-OH is 1. The molecule has 1 fully saturated rings. The van der Waals surface area contributed by atoms with Crippen molar-refractivity contribution in [1.29, 1.82) is 0 Å². The van der Waals surface area contributed by atoms with E-state index in [0.717, 1.165) is 16.8 Å². The van der Waals surface area contributed by atoms with Crippen molar-refractivity contribution in [2.45, 2.75) is 37.1 Å². The van der Waals surface area contributed by atoms with Crippen LogP contribution in [0.15, 0.2) is 35.5 Å². The van der Waals surface area contributed by atoms with Crippen LogP contribution in [0, 0.1) is 5.92 Å². The van der Waals surface area contributed by atoms with Crippen LogP contribution in [-0.2, 0) is 4.79 Å². The summed E-state index contributed by atoms with van der Waals surface area (Å²) in [5, 5.41) is 14.4. The Hall–Kier alpha value is -3.67. The van der Waals surface area contributed by atoms with Gasteiger partial charge in [-0.3, -0.25) is 4.79 Å². The first-order chi connectivity index (χ1) is 18.9. The van der Waals surface area contributed by atoms with E-state index < -0.39 is 18.1 Å². The van der Waals surface area contributed by atoms with Crippen LogP contribution >= 0.6 is 0 Å². The molecule has 1 saturated heterocycles. The first-order valence-corrected chi connectivity index (χ1v) is 12.7. The van der Waals surface area contributed by atoms with Gasteiger partial charge in [0.05, 0.1) is 48.8 Å². The molecule has 0 aromatic heterocycles. The Morgan fingerprint density at radius 1 is 0.744 bits per heavy atom. The van der Waals surface area contributed by atoms with Crippen molar-refractivity contribution in [3.8, 4) is 34.5 Å². The lowest BCUT2D eigenvalue weighted by atomic mass is 9.68. The van der Waals surface area contributed by atoms with Gasteiger partial charge in [0.1, 0.15) is 12.0 Å². The fraction of sp³-hybridized carbons (Fsp3) is 0.464. The Morgan fingerprint density at radius 2 is 1.36 bits per heavy atom. The number of fused-ring (bicyclic) bond motifs is 1. The summed E-state index contributed by atoms with van der Waals surface area (Å²) in [6, 6.07) is 7.37. The summed E-state index contributed by atoms with van der Waals surface area (Å²) in [6.07, 6.45) is -0.375. The molecular weight excluding hydrogens is 506 g/mol. The molecule has 0 spiro atoms. The second kappa shape index (κ2) is 10.8. The van der Waals surface area contributed by atoms with Crippen LogP contribution in [0.4, 0.5) is 0 Å². The minimum atomic E-state index is -0.903. The first-order valence-electron chi connectivity index (χ1n) is 12.7. The van der Waals surface area contributed by atoms with E-state index in [4.69, 9.17) is 28.4 Å². The van der Waals surface area contributed by atoms with Crippen LogP contribution in [-0.4, -0.2) is 65.9 Å². The highest BCUT2D eigenvalue weighted by Crippen LogP contribution is 2.52. The van der Waals surface area contributed by atoms with Gasteiger partial charge in [0.25, 0.3) is 0 Å². The van der Waals surface area contributed by atoms with E-state index in [1.165, 1.54) is 0 Å². The topological polar surface area (TPSA) is 129 Å². The average molecular weight is 542 g/mol. The SMILES string of the molecule is COc1cc(OC)c([C@@H]2C3=C(C[C@@H](c4cc(OC)c(OC)c(OC)c4)CC3=O)NC3NNC(O)C32)cc1OC. The molecular formula is C28H35N3O8. The minimum absolute atomic E-state index is 0.0121. The number of hydrogen-bond acceptors (Lipinski definition) is 11. The molecule has 1 aliphatic carbocycles. The summed E-state index contributed by atoms with van der Waals surface area (Å²) >= 11 is 0. The number of allylic oxidation sites excluding steroid dienone is 2. The highest BCUT2D eigenvalue weighted by atomic mass is 16.5. The van der Waals surface area contributed by atoms with Gasteiger partial charge in [0.2, 0.25) is 5.75 Å². The maximum atomic E-state index is 14.0. The number of hydrazine groups is 1. The monoisotopic (exact) mass is 541 g/mol. The van der Waals surface area contributed by atoms with Crippen LogP contribution < -0.4 is 44.6 Å². The Labute approximate surface area is 227 Å². The number of methoxy groups -OCH3 is 6. The Morgan fingerprint density at radius 3 is 1.95 bits per heavy atom. The number of carbonyl (C=O) groups is 1. The molecule has 11 nitrogen and oxygen atoms in total. The fourth-order valence-corrected chi connectivity index (χ4v) is 6.10. The van der Waals surface area contributed by atoms with Gasteiger partial charge in [-0.1, -0.05) is 0 Å². The van der Waals surface area contributed by atoms with Crippen molar-refractivity contribution < 1.29 is 38.3 Å². The van der Waals surface area contributed by atoms with Crippen molar-refractivity contribution in [3.05, 3.63) is 46.7 Å². The summed E-state index contributed by atoms with van der Waals surface area (Å²) < 4.78 is 33.4. The summed E-state index contributed by atoms with van der Waals surface area (Å²) in [6.45, 7) is 0. The maximum absolute atomic E-state index is 14.0. The second-order valence-electron chi connectivity index (χ2n) is 9.74. The third-order valence-corrected chi connectivity index (χ3v) is 7.90. The molecule has 39 heavy (non-hydrogen) atoms. The first kappa shape index (κ1) is 26.9. The van der Waals surface area contributed by atoms with Crippen LogP contribution in [0.25, 0.3) is 0 Å². The standard InChI is InChI=1S/C28H35N3O8/c1-34-18-12-20(36-3)19(35-2)11-15(18)23-24-16(29-27-25(23)28(33)31-30-27)7-13(8-17(24)32)14-9-21(37-4)26(39-6)22(10-14)38-5/h9-13,23,25,27-31,33H,7-8H2,1-6H3/t13-,23-,25?,27?,28?/m1/s1. The molecule has 4 N–H and O–H groups in total. The quantitative estimate of drug-likeness (QED) is 0.393. The predicted octanol–water partition coefficient (Wildman–Crippen LogP) is 2.19. The zero-order chi connectivity index (χ0) is 27.8. The molecule has 0 saturated carbocycles. The van der Waals surface area contributed by atoms with E-state index in [1.54, 1.807) is 48.7 Å². The number of hydrogen-bond donors (Lipinski definition) is 4. The van der Waals surface area contributed by atoms with Gasteiger partial charge in [-0.25, -0.2) is 10.9 Å². The maximum Gasteiger partial charge on any atom is 0.203 e. The van der Waals surface area contributed by atoms with Crippen molar-refractivity contribution >= 4 is 5.78 Å². The lowest BCUT2D eigenvalue weighted by Crippen LogP contribution is -2.51. The van der Waals surface area contributed by atoms with Crippen LogP contribution in [0.3, 0.4) is 0 Å². The summed E-state index contributed by atoms with van der Waals surface area (Å²) in [4.78, 5) is 14.0. The molecule has 0 amide bonds. The summed E-state index contributed by atoms with van der Waals surface area (Å²) in [5.41, 5.74) is 9.16. The van der Waals surface area contributed by atoms with Crippen molar-refractivity contribution in [2.75, 3.05) is 42.7 Å². The summed E-state index contributed by atoms with van der Waals surface area (Å²) in [5.74, 6) is 2.15. The van der Waals surface area contributed by atoms with E-state index in [2.05, 4.69) is 16.2 Å². The van der Waals surface area contributed by atoms with Gasteiger partial charge in [-0.15, -0.1) is 0 Å². The summed E-state index contributed by atoms with van der Waals surface area (Å²) in [7, 11) is 9.39. The molecule has 3 aliphatic rings. The molecule has 0 bridgehead atoms. The number of rotatable bonds is 8. The largest absolute Gasteiger partial charge is 0.496 e. The smallest absolute Gasteiger partial charge is 0.203 e. The third-order valence-electron chi connectivity index (χ3n) is 7.90. The van der Waals surface area contributed by atoms with Gasteiger partial charge in [-0.2, -0.15) is 0 Å². The number of benzene rings is 2. The zero-order valence-corrected chi connectivity index (χ0v) is 22.9. The molecule has 2 aromatic rings. The lowest BCUT2D eigenvalue weighted by molar-refractivity contribution is -0.117. The van der Waals surface area contributed by atoms with Crippen LogP contribution in [0.5, 0.6) is 34.5 Å². The van der Waals surface area contributed by atoms with Gasteiger partial charge >= 0.3 is 0 Å². The number of Topliss-reactive ketones (excluding diaryl/α,β-unsaturated/α-hetero) is 1. The molecule has 2 aliphatic heterocycles. The van der Waals surface area contributed by atoms with Crippen LogP contribution in [0.1, 0.15) is 35.8 Å². The molecule has 2 aromatic carbocycles. The van der Waals surface area contributed by atoms with Crippen molar-refractivity contribution in [2.24, 2.45) is 5.92 Å². The number of carbonyl (C=O) groups excluding carboxylic acids is 1. The minimum Gasteiger partial charge on any atom is -0.496 e. The van der Waals surface area contributed by atoms with Crippen molar-refractivity contribution in [1.82, 2.24) is 16.2 Å². The number of ether oxygens (including phenoxy) is 6. The Balaban J connectivity index is 1.62. The number of ketones is 1. The van der Waals surface area contributed by atoms with E-state index in [0.29, 0.717) is 46.5 Å². The highest BCUT2D eigenvalue weighted by molar-refractivity contribution is 5.99. The number of nitrogens with one attached hydrogen (secondary N) is 3. The van der Waals surface area contributed by atoms with Crippen molar-refractivity contribution in [3.63, 3.8) is 0 Å². The van der Waals surface area contributed by atoms with Gasteiger partial charge in [-0.05, 0) is 36.1 Å². The molecule has 11 heteroatoms. The fourth-order valence-electron chi connectivity index (χ4n) is 6.10. The average Bonchev–Trinajstić information content (AvgIpc) is 3.33. The van der Waals surface area contributed by atoms with Gasteiger partial charge in [0, 0.05) is 41.2 Å². The number of aliphatic hydroxyl groups is 1. The molecule has 0 radical (unpaired) electrons. The van der Waals surface area contributed by atoms with E-state index in [-0.39, 0.29) is 24.3 Å². The van der Waals surface area contributed by atoms with Crippen LogP contribution in [0.2, 0.25) is 0 Å². The predicted molar refractivity (Wildman–Crippen MR) is 142 cm³/mol. The Kier molecular flexibility index (Phi) is 7.48. The van der Waals surface area contributed by atoms with Gasteiger partial charge < -0.3 is 38.8 Å². The third kappa shape index (κ3) is 4.50. The van der Waals surface area contributed by atoms with E-state index in [1.807, 2.05) is 18.2 Å². The Bertz CT molecular complexity index is 1270. The zero-order valence-electron chi connectivity index (χ0n) is 22.9. The second-order valence-corrected chi connectivity index (χ2v) is 9.74. The molecule has 5 atom stereocenters. The normalized spacial score (nSPS) is 25.8. The molecule has 3 unspecified atom stereocenters. The highest BCUT2D eigenvalue weighted by Gasteiger charge is 2.50. The lowest BCUT2D eigenvalue weighted by Gasteiger charge is -2.42.